The molecule has 0 aliphatic carbocycles. The Morgan fingerprint density at radius 1 is 0.880 bits per heavy atom. The number of aldehydes is 1. The van der Waals surface area contributed by atoms with Crippen molar-refractivity contribution < 1.29 is 28.6 Å². The van der Waals surface area contributed by atoms with E-state index >= 15 is 0 Å². The normalized spacial score (nSPS) is 10.4. The molecule has 0 radical (unpaired) electrons. The second kappa shape index (κ2) is 19.5. The van der Waals surface area contributed by atoms with Crippen molar-refractivity contribution in [2.45, 2.75) is 0 Å². The quantitative estimate of drug-likeness (QED) is 0.238. The number of hydrogen-bond acceptors (Lipinski definition) is 8. The van der Waals surface area contributed by atoms with Crippen LogP contribution in [0, 0.1) is 0 Å². The van der Waals surface area contributed by atoms with Crippen molar-refractivity contribution in [1.82, 2.24) is 10.6 Å². The number of hydrogen-bond donors (Lipinski definition) is 2. The summed E-state index contributed by atoms with van der Waals surface area (Å²) in [7, 11) is 1.52. The standard InChI is InChI=1S/C15H28N2O6S2/c1-16-14(19)12-17-15(20)13-25-11-8-23-6-4-21-3-5-22-7-10-24-9-2-18/h2H,3-13H2,1H3,(H,16,19)(H,17,20). The van der Waals surface area contributed by atoms with Crippen LogP contribution >= 0.6 is 23.5 Å². The minimum absolute atomic E-state index is 0.00499. The monoisotopic (exact) mass is 396 g/mol. The second-order valence-electron chi connectivity index (χ2n) is 4.58. The average Bonchev–Trinajstić information content (AvgIpc) is 2.62. The predicted molar refractivity (Wildman–Crippen MR) is 100 cm³/mol. The summed E-state index contributed by atoms with van der Waals surface area (Å²) >= 11 is 2.99. The minimum atomic E-state index is -0.219. The van der Waals surface area contributed by atoms with E-state index in [9.17, 15) is 14.4 Å². The third-order valence-corrected chi connectivity index (χ3v) is 4.38. The molecule has 0 spiro atoms. The van der Waals surface area contributed by atoms with Crippen LogP contribution in [-0.2, 0) is 28.6 Å². The number of ether oxygens (including phenoxy) is 3. The highest BCUT2D eigenvalue weighted by Crippen LogP contribution is 1.99. The molecule has 0 aliphatic rings. The first-order chi connectivity index (χ1) is 12.2. The van der Waals surface area contributed by atoms with Gasteiger partial charge in [0.1, 0.15) is 6.29 Å². The van der Waals surface area contributed by atoms with Gasteiger partial charge in [0.25, 0.3) is 0 Å². The lowest BCUT2D eigenvalue weighted by Crippen LogP contribution is -2.36. The number of rotatable bonds is 18. The predicted octanol–water partition coefficient (Wildman–Crippen LogP) is -0.436. The first kappa shape index (κ1) is 24.2. The van der Waals surface area contributed by atoms with Crippen molar-refractivity contribution in [3.05, 3.63) is 0 Å². The van der Waals surface area contributed by atoms with Gasteiger partial charge in [0.05, 0.1) is 51.9 Å². The maximum atomic E-state index is 11.4. The molecule has 0 saturated heterocycles. The Balaban J connectivity index is 3.15. The van der Waals surface area contributed by atoms with Gasteiger partial charge in [-0.25, -0.2) is 0 Å². The molecule has 8 nitrogen and oxygen atoms in total. The number of thioether (sulfide) groups is 2. The van der Waals surface area contributed by atoms with Crippen molar-refractivity contribution in [3.63, 3.8) is 0 Å². The molecule has 0 saturated carbocycles. The highest BCUT2D eigenvalue weighted by molar-refractivity contribution is 8.00. The summed E-state index contributed by atoms with van der Waals surface area (Å²) in [4.78, 5) is 32.4. The van der Waals surface area contributed by atoms with Crippen molar-refractivity contribution in [3.8, 4) is 0 Å². The van der Waals surface area contributed by atoms with Crippen LogP contribution in [0.5, 0.6) is 0 Å². The van der Waals surface area contributed by atoms with Crippen LogP contribution in [0.3, 0.4) is 0 Å². The van der Waals surface area contributed by atoms with Gasteiger partial charge in [0, 0.05) is 24.3 Å². The van der Waals surface area contributed by atoms with Crippen molar-refractivity contribution in [2.24, 2.45) is 0 Å². The lowest BCUT2D eigenvalue weighted by molar-refractivity contribution is -0.124. The maximum Gasteiger partial charge on any atom is 0.239 e. The fourth-order valence-corrected chi connectivity index (χ4v) is 2.56. The lowest BCUT2D eigenvalue weighted by atomic mass is 10.5. The number of nitrogens with one attached hydrogen (secondary N) is 2. The van der Waals surface area contributed by atoms with Crippen LogP contribution in [0.25, 0.3) is 0 Å². The van der Waals surface area contributed by atoms with Crippen LogP contribution in [0.15, 0.2) is 0 Å². The molecule has 0 rings (SSSR count). The molecule has 146 valence electrons. The van der Waals surface area contributed by atoms with E-state index in [1.807, 2.05) is 0 Å². The van der Waals surface area contributed by atoms with E-state index < -0.39 is 0 Å². The summed E-state index contributed by atoms with van der Waals surface area (Å²) in [5.41, 5.74) is 0. The summed E-state index contributed by atoms with van der Waals surface area (Å²) in [6.45, 7) is 3.21. The van der Waals surface area contributed by atoms with Crippen molar-refractivity contribution in [2.75, 3.05) is 76.2 Å². The van der Waals surface area contributed by atoms with E-state index in [0.29, 0.717) is 56.9 Å². The van der Waals surface area contributed by atoms with E-state index in [-0.39, 0.29) is 18.4 Å². The molecule has 10 heteroatoms. The van der Waals surface area contributed by atoms with Gasteiger partial charge in [-0.2, -0.15) is 11.8 Å². The zero-order valence-electron chi connectivity index (χ0n) is 14.6. The van der Waals surface area contributed by atoms with Gasteiger partial charge in [0.2, 0.25) is 11.8 Å². The largest absolute Gasteiger partial charge is 0.378 e. The minimum Gasteiger partial charge on any atom is -0.378 e. The third kappa shape index (κ3) is 19.4. The highest BCUT2D eigenvalue weighted by Gasteiger charge is 2.03. The average molecular weight is 397 g/mol. The molecule has 0 bridgehead atoms. The van der Waals surface area contributed by atoms with Crippen LogP contribution in [0.4, 0.5) is 0 Å². The maximum absolute atomic E-state index is 11.4. The van der Waals surface area contributed by atoms with Gasteiger partial charge in [-0.1, -0.05) is 0 Å². The van der Waals surface area contributed by atoms with Crippen LogP contribution in [0.1, 0.15) is 0 Å². The molecule has 0 heterocycles. The van der Waals surface area contributed by atoms with Crippen LogP contribution in [0.2, 0.25) is 0 Å². The van der Waals surface area contributed by atoms with E-state index in [1.54, 1.807) is 11.8 Å². The SMILES string of the molecule is CNC(=O)CNC(=O)CSCCOCCOCCOCCSCC=O. The molecular weight excluding hydrogens is 368 g/mol. The van der Waals surface area contributed by atoms with Gasteiger partial charge in [0.15, 0.2) is 0 Å². The van der Waals surface area contributed by atoms with E-state index in [0.717, 1.165) is 12.0 Å². The summed E-state index contributed by atoms with van der Waals surface area (Å²) < 4.78 is 16.1. The van der Waals surface area contributed by atoms with Crippen LogP contribution < -0.4 is 10.6 Å². The van der Waals surface area contributed by atoms with E-state index in [2.05, 4.69) is 10.6 Å². The molecule has 0 unspecified atom stereocenters. The Kier molecular flexibility index (Phi) is 18.9. The Morgan fingerprint density at radius 3 is 2.00 bits per heavy atom. The van der Waals surface area contributed by atoms with Gasteiger partial charge in [-0.3, -0.25) is 9.59 Å². The summed E-state index contributed by atoms with van der Waals surface area (Å²) in [5.74, 6) is 1.94. The molecule has 0 aromatic rings. The van der Waals surface area contributed by atoms with Crippen molar-refractivity contribution in [1.29, 1.82) is 0 Å². The smallest absolute Gasteiger partial charge is 0.239 e. The molecule has 25 heavy (non-hydrogen) atoms. The number of likely N-dealkylation sites (N-methyl/N-ethyl adjacent to an activating group) is 1. The molecule has 0 aromatic carbocycles. The fourth-order valence-electron chi connectivity index (χ4n) is 1.39. The van der Waals surface area contributed by atoms with Gasteiger partial charge in [-0.05, 0) is 0 Å². The Labute approximate surface area is 157 Å². The highest BCUT2D eigenvalue weighted by atomic mass is 32.2. The first-order valence-corrected chi connectivity index (χ1v) is 10.3. The summed E-state index contributed by atoms with van der Waals surface area (Å²) in [5, 5.41) is 4.95. The molecule has 0 aromatic heterocycles. The number of carbonyl (C=O) groups is 3. The molecule has 2 amide bonds. The zero-order chi connectivity index (χ0) is 18.6. The van der Waals surface area contributed by atoms with Crippen molar-refractivity contribution >= 4 is 41.6 Å². The first-order valence-electron chi connectivity index (χ1n) is 8.00. The van der Waals surface area contributed by atoms with Gasteiger partial charge >= 0.3 is 0 Å². The zero-order valence-corrected chi connectivity index (χ0v) is 16.3. The lowest BCUT2D eigenvalue weighted by Gasteiger charge is -2.07. The Bertz CT molecular complexity index is 361. The Hall–Kier alpha value is -0.810. The van der Waals surface area contributed by atoms with Gasteiger partial charge < -0.3 is 29.6 Å². The molecule has 0 atom stereocenters. The van der Waals surface area contributed by atoms with Gasteiger partial charge in [-0.15, -0.1) is 11.8 Å². The molecular formula is C15H28N2O6S2. The summed E-state index contributed by atoms with van der Waals surface area (Å²) in [6, 6.07) is 0. The van der Waals surface area contributed by atoms with E-state index in [4.69, 9.17) is 14.2 Å². The second-order valence-corrected chi connectivity index (χ2v) is 6.84. The molecule has 2 N–H and O–H groups in total. The molecule has 0 aliphatic heterocycles. The third-order valence-electron chi connectivity index (χ3n) is 2.63. The van der Waals surface area contributed by atoms with Crippen LogP contribution in [-0.4, -0.2) is 94.3 Å². The number of amides is 2. The number of carbonyl (C=O) groups excluding carboxylic acids is 3. The summed E-state index contributed by atoms with van der Waals surface area (Å²) in [6.07, 6.45) is 0.883. The topological polar surface area (TPSA) is 103 Å². The fraction of sp³-hybridized carbons (Fsp3) is 0.800. The molecule has 0 fully saturated rings. The van der Waals surface area contributed by atoms with E-state index in [1.165, 1.54) is 18.8 Å². The Morgan fingerprint density at radius 2 is 1.44 bits per heavy atom.